The Morgan fingerprint density at radius 2 is 2.00 bits per heavy atom. The maximum Gasteiger partial charge on any atom is 0.407 e. The fourth-order valence-electron chi connectivity index (χ4n) is 3.12. The van der Waals surface area contributed by atoms with Gasteiger partial charge in [0.15, 0.2) is 0 Å². The van der Waals surface area contributed by atoms with E-state index in [-0.39, 0.29) is 23.4 Å². The number of hydrogen-bond acceptors (Lipinski definition) is 3. The predicted molar refractivity (Wildman–Crippen MR) is 81.4 cm³/mol. The molecular weight excluding hydrogens is 292 g/mol. The summed E-state index contributed by atoms with van der Waals surface area (Å²) in [6.07, 6.45) is 3.92. The molecule has 1 saturated heterocycles. The number of alkyl halides is 1. The van der Waals surface area contributed by atoms with E-state index < -0.39 is 11.7 Å². The first-order chi connectivity index (χ1) is 9.76. The molecule has 1 N–H and O–H groups in total. The molecule has 5 nitrogen and oxygen atoms in total. The second-order valence-corrected chi connectivity index (χ2v) is 7.57. The number of halogens is 1. The van der Waals surface area contributed by atoms with Crippen LogP contribution in [0.15, 0.2) is 0 Å². The van der Waals surface area contributed by atoms with Crippen molar-refractivity contribution in [1.82, 2.24) is 10.2 Å². The summed E-state index contributed by atoms with van der Waals surface area (Å²) in [5.41, 5.74) is -0.515. The lowest BCUT2D eigenvalue weighted by Gasteiger charge is -2.38. The molecule has 2 rings (SSSR count). The Hall–Kier alpha value is -0.970. The average molecular weight is 317 g/mol. The quantitative estimate of drug-likeness (QED) is 0.797. The second kappa shape index (κ2) is 6.42. The van der Waals surface area contributed by atoms with Gasteiger partial charge in [0.1, 0.15) is 5.60 Å². The summed E-state index contributed by atoms with van der Waals surface area (Å²) in [6, 6.07) is 0.00188. The Kier molecular flexibility index (Phi) is 5.02. The molecule has 2 fully saturated rings. The summed E-state index contributed by atoms with van der Waals surface area (Å²) in [5, 5.41) is 2.83. The lowest BCUT2D eigenvalue weighted by atomic mass is 9.89. The molecule has 0 bridgehead atoms. The summed E-state index contributed by atoms with van der Waals surface area (Å²) in [4.78, 5) is 25.9. The van der Waals surface area contributed by atoms with Gasteiger partial charge in [-0.1, -0.05) is 12.8 Å². The molecule has 3 unspecified atom stereocenters. The Morgan fingerprint density at radius 3 is 2.57 bits per heavy atom. The first-order valence-corrected chi connectivity index (χ1v) is 8.13. The maximum atomic E-state index is 12.0. The van der Waals surface area contributed by atoms with Crippen LogP contribution in [0.2, 0.25) is 0 Å². The fourth-order valence-corrected chi connectivity index (χ4v) is 3.40. The average Bonchev–Trinajstić information content (AvgIpc) is 2.66. The van der Waals surface area contributed by atoms with Gasteiger partial charge in [-0.15, -0.1) is 11.6 Å². The Bertz CT molecular complexity index is 408. The SMILES string of the molecule is CC(C)(C)OC(=O)NC1CCCCC1N1CC(Cl)CC1=O. The van der Waals surface area contributed by atoms with Gasteiger partial charge in [-0.2, -0.15) is 0 Å². The van der Waals surface area contributed by atoms with Crippen molar-refractivity contribution in [3.63, 3.8) is 0 Å². The van der Waals surface area contributed by atoms with Gasteiger partial charge in [0.05, 0.1) is 17.5 Å². The molecule has 0 radical (unpaired) electrons. The fraction of sp³-hybridized carbons (Fsp3) is 0.867. The molecule has 6 heteroatoms. The first kappa shape index (κ1) is 16.4. The molecule has 0 aromatic carbocycles. The second-order valence-electron chi connectivity index (χ2n) is 6.95. The summed E-state index contributed by atoms with van der Waals surface area (Å²) in [5.74, 6) is 0.0953. The highest BCUT2D eigenvalue weighted by molar-refractivity contribution is 6.22. The minimum atomic E-state index is -0.515. The van der Waals surface area contributed by atoms with Gasteiger partial charge in [0, 0.05) is 13.0 Å². The van der Waals surface area contributed by atoms with Crippen LogP contribution >= 0.6 is 11.6 Å². The zero-order valence-electron chi connectivity index (χ0n) is 13.0. The number of ether oxygens (including phenoxy) is 1. The zero-order chi connectivity index (χ0) is 15.6. The number of nitrogens with one attached hydrogen (secondary N) is 1. The van der Waals surface area contributed by atoms with Crippen molar-refractivity contribution < 1.29 is 14.3 Å². The number of rotatable bonds is 2. The highest BCUT2D eigenvalue weighted by Crippen LogP contribution is 2.28. The third kappa shape index (κ3) is 4.50. The smallest absolute Gasteiger partial charge is 0.407 e. The minimum Gasteiger partial charge on any atom is -0.444 e. The van der Waals surface area contributed by atoms with Gasteiger partial charge in [-0.05, 0) is 33.6 Å². The van der Waals surface area contributed by atoms with Crippen molar-refractivity contribution in [1.29, 1.82) is 0 Å². The van der Waals surface area contributed by atoms with Crippen molar-refractivity contribution in [2.75, 3.05) is 6.54 Å². The van der Waals surface area contributed by atoms with E-state index in [2.05, 4.69) is 5.32 Å². The third-order valence-electron chi connectivity index (χ3n) is 3.94. The number of carbonyl (C=O) groups excluding carboxylic acids is 2. The molecule has 1 heterocycles. The lowest BCUT2D eigenvalue weighted by molar-refractivity contribution is -0.130. The monoisotopic (exact) mass is 316 g/mol. The normalized spacial score (nSPS) is 30.4. The lowest BCUT2D eigenvalue weighted by Crippen LogP contribution is -2.54. The topological polar surface area (TPSA) is 58.6 Å². The van der Waals surface area contributed by atoms with E-state index in [1.54, 1.807) is 0 Å². The number of nitrogens with zero attached hydrogens (tertiary/aromatic N) is 1. The van der Waals surface area contributed by atoms with Gasteiger partial charge in [-0.3, -0.25) is 4.79 Å². The van der Waals surface area contributed by atoms with Crippen LogP contribution in [0.4, 0.5) is 4.79 Å². The van der Waals surface area contributed by atoms with E-state index in [4.69, 9.17) is 16.3 Å². The molecule has 1 aliphatic heterocycles. The van der Waals surface area contributed by atoms with Crippen LogP contribution in [0.5, 0.6) is 0 Å². The number of alkyl carbamates (subject to hydrolysis) is 1. The van der Waals surface area contributed by atoms with Gasteiger partial charge in [0.2, 0.25) is 5.91 Å². The van der Waals surface area contributed by atoms with Crippen LogP contribution in [0.25, 0.3) is 0 Å². The summed E-state index contributed by atoms with van der Waals surface area (Å²) in [7, 11) is 0. The minimum absolute atomic E-state index is 0.0421. The van der Waals surface area contributed by atoms with Crippen LogP contribution in [0.1, 0.15) is 52.9 Å². The van der Waals surface area contributed by atoms with Crippen molar-refractivity contribution >= 4 is 23.6 Å². The van der Waals surface area contributed by atoms with Crippen molar-refractivity contribution in [2.45, 2.75) is 75.9 Å². The summed E-state index contributed by atoms with van der Waals surface area (Å²) >= 11 is 6.09. The number of carbonyl (C=O) groups is 2. The van der Waals surface area contributed by atoms with Crippen LogP contribution in [-0.2, 0) is 9.53 Å². The molecule has 0 aromatic rings. The Labute approximate surface area is 131 Å². The number of hydrogen-bond donors (Lipinski definition) is 1. The van der Waals surface area contributed by atoms with Crippen LogP contribution in [-0.4, -0.2) is 46.5 Å². The maximum absolute atomic E-state index is 12.0. The molecule has 3 atom stereocenters. The van der Waals surface area contributed by atoms with Crippen molar-refractivity contribution in [2.24, 2.45) is 0 Å². The van der Waals surface area contributed by atoms with E-state index in [0.717, 1.165) is 25.7 Å². The largest absolute Gasteiger partial charge is 0.444 e. The van der Waals surface area contributed by atoms with E-state index in [1.807, 2.05) is 25.7 Å². The zero-order valence-corrected chi connectivity index (χ0v) is 13.8. The number of amides is 2. The molecular formula is C15H25ClN2O3. The van der Waals surface area contributed by atoms with Gasteiger partial charge < -0.3 is 15.0 Å². The van der Waals surface area contributed by atoms with Crippen molar-refractivity contribution in [3.05, 3.63) is 0 Å². The summed E-state index contributed by atoms with van der Waals surface area (Å²) in [6.45, 7) is 6.10. The van der Waals surface area contributed by atoms with E-state index >= 15 is 0 Å². The highest BCUT2D eigenvalue weighted by atomic mass is 35.5. The van der Waals surface area contributed by atoms with E-state index in [9.17, 15) is 9.59 Å². The predicted octanol–water partition coefficient (Wildman–Crippen LogP) is 2.66. The van der Waals surface area contributed by atoms with Crippen LogP contribution < -0.4 is 5.32 Å². The molecule has 0 aromatic heterocycles. The molecule has 2 aliphatic rings. The Morgan fingerprint density at radius 1 is 1.33 bits per heavy atom. The molecule has 120 valence electrons. The van der Waals surface area contributed by atoms with Gasteiger partial charge in [0.25, 0.3) is 0 Å². The van der Waals surface area contributed by atoms with Crippen molar-refractivity contribution in [3.8, 4) is 0 Å². The number of likely N-dealkylation sites (tertiary alicyclic amines) is 1. The molecule has 21 heavy (non-hydrogen) atoms. The molecule has 1 aliphatic carbocycles. The molecule has 1 saturated carbocycles. The Balaban J connectivity index is 1.99. The third-order valence-corrected chi connectivity index (χ3v) is 4.24. The van der Waals surface area contributed by atoms with Gasteiger partial charge in [-0.25, -0.2) is 4.79 Å². The highest BCUT2D eigenvalue weighted by Gasteiger charge is 2.39. The summed E-state index contributed by atoms with van der Waals surface area (Å²) < 4.78 is 5.32. The standard InChI is InChI=1S/C15H25ClN2O3/c1-15(2,3)21-14(20)17-11-6-4-5-7-12(11)18-9-10(16)8-13(18)19/h10-12H,4-9H2,1-3H3,(H,17,20). The van der Waals surface area contributed by atoms with Crippen LogP contribution in [0.3, 0.4) is 0 Å². The molecule has 2 amide bonds. The van der Waals surface area contributed by atoms with Gasteiger partial charge >= 0.3 is 6.09 Å². The van der Waals surface area contributed by atoms with Crippen LogP contribution in [0, 0.1) is 0 Å². The first-order valence-electron chi connectivity index (χ1n) is 7.69. The van der Waals surface area contributed by atoms with E-state index in [0.29, 0.717) is 13.0 Å². The molecule has 0 spiro atoms. The van der Waals surface area contributed by atoms with E-state index in [1.165, 1.54) is 0 Å².